The maximum atomic E-state index is 12.0. The van der Waals surface area contributed by atoms with Crippen LogP contribution in [0.2, 0.25) is 0 Å². The Morgan fingerprint density at radius 1 is 1.41 bits per heavy atom. The number of ether oxygens (including phenoxy) is 1. The molecule has 1 aliphatic heterocycles. The fraction of sp³-hybridized carbons (Fsp3) is 0.833. The summed E-state index contributed by atoms with van der Waals surface area (Å²) in [6, 6.07) is -0.381. The molecule has 5 heteroatoms. The van der Waals surface area contributed by atoms with Gasteiger partial charge in [-0.25, -0.2) is 0 Å². The Labute approximate surface area is 102 Å². The van der Waals surface area contributed by atoms with Gasteiger partial charge >= 0.3 is 0 Å². The molecule has 0 aliphatic carbocycles. The van der Waals surface area contributed by atoms with Crippen LogP contribution in [-0.4, -0.2) is 48.1 Å². The predicted molar refractivity (Wildman–Crippen MR) is 64.5 cm³/mol. The van der Waals surface area contributed by atoms with Gasteiger partial charge in [-0.1, -0.05) is 0 Å². The fourth-order valence-electron chi connectivity index (χ4n) is 2.01. The van der Waals surface area contributed by atoms with Crippen LogP contribution in [0.3, 0.4) is 0 Å². The van der Waals surface area contributed by atoms with Gasteiger partial charge in [-0.15, -0.1) is 0 Å². The zero-order valence-corrected chi connectivity index (χ0v) is 11.0. The van der Waals surface area contributed by atoms with Gasteiger partial charge in [0.25, 0.3) is 0 Å². The highest BCUT2D eigenvalue weighted by Gasteiger charge is 2.40. The highest BCUT2D eigenvalue weighted by atomic mass is 16.5. The molecule has 1 N–H and O–H groups in total. The standard InChI is InChI=1S/C12H22N2O3/c1-5-17-7-9(4)13-10-6-11(15)14(8(2)3)12(10)16/h8-10,13H,5-7H2,1-4H3. The van der Waals surface area contributed by atoms with E-state index in [-0.39, 0.29) is 36.4 Å². The van der Waals surface area contributed by atoms with E-state index in [0.29, 0.717) is 13.2 Å². The van der Waals surface area contributed by atoms with Crippen molar-refractivity contribution in [1.29, 1.82) is 0 Å². The van der Waals surface area contributed by atoms with E-state index < -0.39 is 0 Å². The van der Waals surface area contributed by atoms with E-state index in [2.05, 4.69) is 5.32 Å². The Balaban J connectivity index is 2.51. The van der Waals surface area contributed by atoms with Crippen molar-refractivity contribution in [2.45, 2.75) is 52.2 Å². The molecule has 1 fully saturated rings. The van der Waals surface area contributed by atoms with E-state index in [1.165, 1.54) is 4.90 Å². The minimum absolute atomic E-state index is 0.0657. The second-order valence-electron chi connectivity index (χ2n) is 4.68. The lowest BCUT2D eigenvalue weighted by atomic mass is 10.2. The summed E-state index contributed by atoms with van der Waals surface area (Å²) in [6.45, 7) is 8.78. The number of hydrogen-bond acceptors (Lipinski definition) is 4. The molecule has 0 spiro atoms. The van der Waals surface area contributed by atoms with Crippen LogP contribution in [-0.2, 0) is 14.3 Å². The molecule has 5 nitrogen and oxygen atoms in total. The smallest absolute Gasteiger partial charge is 0.247 e. The number of carbonyl (C=O) groups excluding carboxylic acids is 2. The van der Waals surface area contributed by atoms with Gasteiger partial charge in [-0.3, -0.25) is 14.5 Å². The Morgan fingerprint density at radius 3 is 2.53 bits per heavy atom. The fourth-order valence-corrected chi connectivity index (χ4v) is 2.01. The van der Waals surface area contributed by atoms with Crippen LogP contribution in [0.1, 0.15) is 34.1 Å². The summed E-state index contributed by atoms with van der Waals surface area (Å²) in [7, 11) is 0. The largest absolute Gasteiger partial charge is 0.380 e. The molecule has 1 heterocycles. The molecule has 0 radical (unpaired) electrons. The molecule has 17 heavy (non-hydrogen) atoms. The van der Waals surface area contributed by atoms with Crippen LogP contribution >= 0.6 is 0 Å². The number of imide groups is 1. The first-order valence-corrected chi connectivity index (χ1v) is 6.17. The van der Waals surface area contributed by atoms with E-state index >= 15 is 0 Å². The van der Waals surface area contributed by atoms with Crippen molar-refractivity contribution in [3.8, 4) is 0 Å². The van der Waals surface area contributed by atoms with Crippen LogP contribution in [0.4, 0.5) is 0 Å². The molecule has 1 rings (SSSR count). The topological polar surface area (TPSA) is 58.6 Å². The van der Waals surface area contributed by atoms with Gasteiger partial charge < -0.3 is 10.1 Å². The molecule has 0 bridgehead atoms. The van der Waals surface area contributed by atoms with Gasteiger partial charge in [-0.2, -0.15) is 0 Å². The molecule has 0 aromatic rings. The van der Waals surface area contributed by atoms with Crippen molar-refractivity contribution in [1.82, 2.24) is 10.2 Å². The minimum atomic E-state index is -0.389. The van der Waals surface area contributed by atoms with Crippen molar-refractivity contribution < 1.29 is 14.3 Å². The highest BCUT2D eigenvalue weighted by Crippen LogP contribution is 2.16. The Hall–Kier alpha value is -0.940. The maximum Gasteiger partial charge on any atom is 0.247 e. The SMILES string of the molecule is CCOCC(C)NC1CC(=O)N(C(C)C)C1=O. The van der Waals surface area contributed by atoms with Gasteiger partial charge in [0.1, 0.15) is 0 Å². The first kappa shape index (κ1) is 14.1. The van der Waals surface area contributed by atoms with Gasteiger partial charge in [0.05, 0.1) is 19.1 Å². The van der Waals surface area contributed by atoms with E-state index in [0.717, 1.165) is 0 Å². The molecule has 0 aromatic heterocycles. The van der Waals surface area contributed by atoms with Crippen LogP contribution < -0.4 is 5.32 Å². The highest BCUT2D eigenvalue weighted by molar-refractivity contribution is 6.05. The van der Waals surface area contributed by atoms with E-state index in [1.807, 2.05) is 27.7 Å². The summed E-state index contributed by atoms with van der Waals surface area (Å²) in [4.78, 5) is 25.0. The first-order chi connectivity index (χ1) is 7.97. The lowest BCUT2D eigenvalue weighted by Gasteiger charge is -2.21. The Morgan fingerprint density at radius 2 is 2.06 bits per heavy atom. The Kier molecular flexibility index (Phi) is 5.08. The molecule has 2 unspecified atom stereocenters. The van der Waals surface area contributed by atoms with Crippen molar-refractivity contribution in [2.75, 3.05) is 13.2 Å². The van der Waals surface area contributed by atoms with Gasteiger partial charge in [0.2, 0.25) is 11.8 Å². The van der Waals surface area contributed by atoms with Gasteiger partial charge in [-0.05, 0) is 27.7 Å². The number of nitrogens with zero attached hydrogens (tertiary/aromatic N) is 1. The summed E-state index contributed by atoms with van der Waals surface area (Å²) >= 11 is 0. The summed E-state index contributed by atoms with van der Waals surface area (Å²) in [5.41, 5.74) is 0. The Bertz CT molecular complexity index is 291. The molecule has 98 valence electrons. The third kappa shape index (κ3) is 3.51. The number of likely N-dealkylation sites (tertiary alicyclic amines) is 1. The van der Waals surface area contributed by atoms with E-state index in [9.17, 15) is 9.59 Å². The molecule has 1 aliphatic rings. The molecular weight excluding hydrogens is 220 g/mol. The molecule has 0 aromatic carbocycles. The molecule has 2 amide bonds. The average Bonchev–Trinajstić information content (AvgIpc) is 2.51. The normalized spacial score (nSPS) is 22.6. The summed E-state index contributed by atoms with van der Waals surface area (Å²) in [6.07, 6.45) is 0.257. The summed E-state index contributed by atoms with van der Waals surface area (Å²) in [5, 5.41) is 3.14. The van der Waals surface area contributed by atoms with E-state index in [4.69, 9.17) is 4.74 Å². The van der Waals surface area contributed by atoms with Crippen molar-refractivity contribution >= 4 is 11.8 Å². The second-order valence-corrected chi connectivity index (χ2v) is 4.68. The van der Waals surface area contributed by atoms with Crippen LogP contribution in [0, 0.1) is 0 Å². The van der Waals surface area contributed by atoms with Crippen LogP contribution in [0.25, 0.3) is 0 Å². The number of hydrogen-bond donors (Lipinski definition) is 1. The molecule has 2 atom stereocenters. The van der Waals surface area contributed by atoms with Gasteiger partial charge in [0.15, 0.2) is 0 Å². The lowest BCUT2D eigenvalue weighted by molar-refractivity contribution is -0.140. The summed E-state index contributed by atoms with van der Waals surface area (Å²) in [5.74, 6) is -0.209. The number of rotatable bonds is 6. The predicted octanol–water partition coefficient (Wildman–Crippen LogP) is 0.537. The zero-order chi connectivity index (χ0) is 13.0. The van der Waals surface area contributed by atoms with E-state index in [1.54, 1.807) is 0 Å². The first-order valence-electron chi connectivity index (χ1n) is 6.17. The number of amides is 2. The lowest BCUT2D eigenvalue weighted by Crippen LogP contribution is -2.45. The summed E-state index contributed by atoms with van der Waals surface area (Å²) < 4.78 is 5.27. The number of carbonyl (C=O) groups is 2. The zero-order valence-electron chi connectivity index (χ0n) is 11.0. The third-order valence-corrected chi connectivity index (χ3v) is 2.76. The molecule has 1 saturated heterocycles. The maximum absolute atomic E-state index is 12.0. The number of nitrogens with one attached hydrogen (secondary N) is 1. The molecule has 0 saturated carbocycles. The average molecular weight is 242 g/mol. The van der Waals surface area contributed by atoms with Crippen LogP contribution in [0.15, 0.2) is 0 Å². The van der Waals surface area contributed by atoms with Crippen LogP contribution in [0.5, 0.6) is 0 Å². The monoisotopic (exact) mass is 242 g/mol. The quantitative estimate of drug-likeness (QED) is 0.691. The van der Waals surface area contributed by atoms with Gasteiger partial charge in [0, 0.05) is 18.7 Å². The van der Waals surface area contributed by atoms with Crippen molar-refractivity contribution in [2.24, 2.45) is 0 Å². The second kappa shape index (κ2) is 6.12. The third-order valence-electron chi connectivity index (χ3n) is 2.76. The van der Waals surface area contributed by atoms with Crippen molar-refractivity contribution in [3.05, 3.63) is 0 Å². The minimum Gasteiger partial charge on any atom is -0.380 e. The molecular formula is C12H22N2O3. The van der Waals surface area contributed by atoms with Crippen molar-refractivity contribution in [3.63, 3.8) is 0 Å².